The molecule has 1 fully saturated rings. The van der Waals surface area contributed by atoms with Crippen LogP contribution in [-0.4, -0.2) is 36.0 Å². The maximum atomic E-state index is 11.5. The maximum Gasteiger partial charge on any atom is 0.219 e. The van der Waals surface area contributed by atoms with Crippen LogP contribution in [0.1, 0.15) is 20.8 Å². The standard InChI is InChI=1S/C14H19BrN2O/c1-10-8-16(12(3)18)9-11(2)17(10)14-6-4-5-13(15)7-14/h4-7,10-11H,8-9H2,1-3H3. The van der Waals surface area contributed by atoms with Crippen LogP contribution in [0.4, 0.5) is 5.69 Å². The van der Waals surface area contributed by atoms with E-state index in [0.29, 0.717) is 12.1 Å². The van der Waals surface area contributed by atoms with Crippen LogP contribution < -0.4 is 4.90 Å². The van der Waals surface area contributed by atoms with Gasteiger partial charge in [0.15, 0.2) is 0 Å². The second kappa shape index (κ2) is 5.31. The fraction of sp³-hybridized carbons (Fsp3) is 0.500. The average Bonchev–Trinajstić information content (AvgIpc) is 2.27. The number of carbonyl (C=O) groups excluding carboxylic acids is 1. The van der Waals surface area contributed by atoms with E-state index in [1.807, 2.05) is 11.0 Å². The van der Waals surface area contributed by atoms with Crippen molar-refractivity contribution in [2.45, 2.75) is 32.9 Å². The number of nitrogens with zero attached hydrogens (tertiary/aromatic N) is 2. The number of piperazine rings is 1. The van der Waals surface area contributed by atoms with Gasteiger partial charge in [0.2, 0.25) is 5.91 Å². The van der Waals surface area contributed by atoms with Crippen LogP contribution >= 0.6 is 15.9 Å². The van der Waals surface area contributed by atoms with Crippen molar-refractivity contribution in [3.63, 3.8) is 0 Å². The predicted molar refractivity (Wildman–Crippen MR) is 77.8 cm³/mol. The highest BCUT2D eigenvalue weighted by molar-refractivity contribution is 9.10. The minimum absolute atomic E-state index is 0.169. The minimum Gasteiger partial charge on any atom is -0.363 e. The molecule has 1 aromatic carbocycles. The van der Waals surface area contributed by atoms with E-state index in [2.05, 4.69) is 52.9 Å². The van der Waals surface area contributed by atoms with E-state index in [4.69, 9.17) is 0 Å². The quantitative estimate of drug-likeness (QED) is 0.796. The van der Waals surface area contributed by atoms with E-state index in [0.717, 1.165) is 17.6 Å². The molecule has 0 bridgehead atoms. The van der Waals surface area contributed by atoms with Gasteiger partial charge in [-0.05, 0) is 32.0 Å². The topological polar surface area (TPSA) is 23.6 Å². The van der Waals surface area contributed by atoms with Gasteiger partial charge in [0.05, 0.1) is 0 Å². The summed E-state index contributed by atoms with van der Waals surface area (Å²) in [7, 11) is 0. The minimum atomic E-state index is 0.169. The van der Waals surface area contributed by atoms with Crippen molar-refractivity contribution in [2.24, 2.45) is 0 Å². The van der Waals surface area contributed by atoms with Gasteiger partial charge in [0.1, 0.15) is 0 Å². The van der Waals surface area contributed by atoms with Crippen molar-refractivity contribution < 1.29 is 4.79 Å². The molecule has 3 nitrogen and oxygen atoms in total. The monoisotopic (exact) mass is 310 g/mol. The Morgan fingerprint density at radius 2 is 1.89 bits per heavy atom. The number of halogens is 1. The molecule has 0 radical (unpaired) electrons. The lowest BCUT2D eigenvalue weighted by atomic mass is 10.1. The Morgan fingerprint density at radius 1 is 1.28 bits per heavy atom. The summed E-state index contributed by atoms with van der Waals surface area (Å²) in [5, 5.41) is 0. The first kappa shape index (κ1) is 13.4. The van der Waals surface area contributed by atoms with Gasteiger partial charge in [0.25, 0.3) is 0 Å². The lowest BCUT2D eigenvalue weighted by Crippen LogP contribution is -2.58. The summed E-state index contributed by atoms with van der Waals surface area (Å²) in [6, 6.07) is 9.03. The number of hydrogen-bond acceptors (Lipinski definition) is 2. The molecule has 2 rings (SSSR count). The Kier molecular flexibility index (Phi) is 3.95. The maximum absolute atomic E-state index is 11.5. The van der Waals surface area contributed by atoms with Crippen molar-refractivity contribution in [1.29, 1.82) is 0 Å². The van der Waals surface area contributed by atoms with E-state index in [9.17, 15) is 4.79 Å². The van der Waals surface area contributed by atoms with Crippen molar-refractivity contribution in [3.05, 3.63) is 28.7 Å². The van der Waals surface area contributed by atoms with Crippen molar-refractivity contribution in [3.8, 4) is 0 Å². The molecule has 0 aromatic heterocycles. The lowest BCUT2D eigenvalue weighted by molar-refractivity contribution is -0.130. The zero-order valence-electron chi connectivity index (χ0n) is 11.1. The second-order valence-electron chi connectivity index (χ2n) is 5.01. The summed E-state index contributed by atoms with van der Waals surface area (Å²) in [6.45, 7) is 7.59. The van der Waals surface area contributed by atoms with Gasteiger partial charge >= 0.3 is 0 Å². The van der Waals surface area contributed by atoms with Gasteiger partial charge in [-0.25, -0.2) is 0 Å². The SMILES string of the molecule is CC(=O)N1CC(C)N(c2cccc(Br)c2)C(C)C1. The fourth-order valence-corrected chi connectivity index (χ4v) is 3.11. The Bertz CT molecular complexity index is 437. The van der Waals surface area contributed by atoms with Crippen molar-refractivity contribution in [2.75, 3.05) is 18.0 Å². The molecule has 1 aromatic rings. The molecular formula is C14H19BrN2O. The molecule has 98 valence electrons. The number of benzene rings is 1. The molecule has 0 N–H and O–H groups in total. The van der Waals surface area contributed by atoms with Gasteiger partial charge in [0, 0.05) is 42.3 Å². The Balaban J connectivity index is 2.22. The van der Waals surface area contributed by atoms with Gasteiger partial charge in [-0.15, -0.1) is 0 Å². The van der Waals surface area contributed by atoms with E-state index >= 15 is 0 Å². The zero-order valence-corrected chi connectivity index (χ0v) is 12.6. The Morgan fingerprint density at radius 3 is 2.39 bits per heavy atom. The molecule has 1 saturated heterocycles. The van der Waals surface area contributed by atoms with Gasteiger partial charge in [-0.1, -0.05) is 22.0 Å². The number of hydrogen-bond donors (Lipinski definition) is 0. The van der Waals surface area contributed by atoms with Crippen LogP contribution in [0.2, 0.25) is 0 Å². The molecule has 1 amide bonds. The van der Waals surface area contributed by atoms with Gasteiger partial charge in [-0.2, -0.15) is 0 Å². The highest BCUT2D eigenvalue weighted by atomic mass is 79.9. The molecule has 1 aliphatic heterocycles. The second-order valence-corrected chi connectivity index (χ2v) is 5.92. The number of anilines is 1. The summed E-state index contributed by atoms with van der Waals surface area (Å²) in [5.74, 6) is 0.169. The summed E-state index contributed by atoms with van der Waals surface area (Å²) < 4.78 is 1.09. The summed E-state index contributed by atoms with van der Waals surface area (Å²) in [4.78, 5) is 15.8. The molecule has 2 unspecified atom stereocenters. The molecule has 1 heterocycles. The molecule has 4 heteroatoms. The molecule has 0 spiro atoms. The first-order valence-corrected chi connectivity index (χ1v) is 7.07. The lowest BCUT2D eigenvalue weighted by Gasteiger charge is -2.45. The van der Waals surface area contributed by atoms with Gasteiger partial charge in [-0.3, -0.25) is 4.79 Å². The van der Waals surface area contributed by atoms with E-state index in [1.165, 1.54) is 5.69 Å². The van der Waals surface area contributed by atoms with Crippen molar-refractivity contribution in [1.82, 2.24) is 4.90 Å². The third kappa shape index (κ3) is 2.69. The molecule has 0 aliphatic carbocycles. The Labute approximate surface area is 117 Å². The normalized spacial score (nSPS) is 24.2. The van der Waals surface area contributed by atoms with Crippen LogP contribution in [0, 0.1) is 0 Å². The third-order valence-electron chi connectivity index (χ3n) is 3.47. The highest BCUT2D eigenvalue weighted by Gasteiger charge is 2.30. The highest BCUT2D eigenvalue weighted by Crippen LogP contribution is 2.27. The number of amides is 1. The smallest absolute Gasteiger partial charge is 0.219 e. The van der Waals surface area contributed by atoms with Crippen LogP contribution in [0.5, 0.6) is 0 Å². The van der Waals surface area contributed by atoms with Crippen molar-refractivity contribution >= 4 is 27.5 Å². The number of rotatable bonds is 1. The van der Waals surface area contributed by atoms with Crippen LogP contribution in [-0.2, 0) is 4.79 Å². The summed E-state index contributed by atoms with van der Waals surface area (Å²) >= 11 is 3.51. The summed E-state index contributed by atoms with van der Waals surface area (Å²) in [5.41, 5.74) is 1.22. The predicted octanol–water partition coefficient (Wildman–Crippen LogP) is 2.89. The zero-order chi connectivity index (χ0) is 13.3. The van der Waals surface area contributed by atoms with E-state index in [1.54, 1.807) is 6.92 Å². The first-order chi connectivity index (χ1) is 8.49. The molecule has 1 aliphatic rings. The molecule has 0 saturated carbocycles. The molecular weight excluding hydrogens is 292 g/mol. The molecule has 18 heavy (non-hydrogen) atoms. The number of carbonyl (C=O) groups is 1. The van der Waals surface area contributed by atoms with Gasteiger partial charge < -0.3 is 9.80 Å². The summed E-state index contributed by atoms with van der Waals surface area (Å²) in [6.07, 6.45) is 0. The fourth-order valence-electron chi connectivity index (χ4n) is 2.73. The van der Waals surface area contributed by atoms with Crippen LogP contribution in [0.25, 0.3) is 0 Å². The first-order valence-electron chi connectivity index (χ1n) is 6.28. The third-order valence-corrected chi connectivity index (χ3v) is 3.96. The van der Waals surface area contributed by atoms with Crippen LogP contribution in [0.3, 0.4) is 0 Å². The van der Waals surface area contributed by atoms with E-state index < -0.39 is 0 Å². The average molecular weight is 311 g/mol. The largest absolute Gasteiger partial charge is 0.363 e. The van der Waals surface area contributed by atoms with Crippen LogP contribution in [0.15, 0.2) is 28.7 Å². The molecule has 2 atom stereocenters. The van der Waals surface area contributed by atoms with E-state index in [-0.39, 0.29) is 5.91 Å². The Hall–Kier alpha value is -1.03.